The van der Waals surface area contributed by atoms with Crippen molar-refractivity contribution in [2.24, 2.45) is 0 Å². The van der Waals surface area contributed by atoms with Crippen molar-refractivity contribution in [2.45, 2.75) is 30.4 Å². The molecule has 1 amide bonds. The number of hydrogen-bond acceptors (Lipinski definition) is 6. The van der Waals surface area contributed by atoms with Crippen molar-refractivity contribution in [3.05, 3.63) is 69.8 Å². The Kier molecular flexibility index (Phi) is 5.96. The number of rotatable bonds is 6. The van der Waals surface area contributed by atoms with Gasteiger partial charge in [0.25, 0.3) is 0 Å². The van der Waals surface area contributed by atoms with Crippen LogP contribution in [0.3, 0.4) is 0 Å². The Bertz CT molecular complexity index is 1220. The number of pyridine rings is 1. The first-order chi connectivity index (χ1) is 14.8. The van der Waals surface area contributed by atoms with Crippen LogP contribution in [0.4, 0.5) is 18.9 Å². The number of thioether (sulfide) groups is 1. The van der Waals surface area contributed by atoms with E-state index in [1.54, 1.807) is 0 Å². The second-order valence-corrected chi connectivity index (χ2v) is 8.62. The Labute approximate surface area is 183 Å². The minimum absolute atomic E-state index is 0.145. The molecule has 0 aliphatic heterocycles. The third-order valence-electron chi connectivity index (χ3n) is 4.29. The number of fused-ring (bicyclic) bond motifs is 1. The number of aryl methyl sites for hydroxylation is 1. The summed E-state index contributed by atoms with van der Waals surface area (Å²) in [6.07, 6.45) is -3.31. The molecule has 160 valence electrons. The number of amides is 1. The molecule has 0 unspecified atom stereocenters. The zero-order valence-electron chi connectivity index (χ0n) is 16.2. The molecule has 3 aromatic heterocycles. The van der Waals surface area contributed by atoms with E-state index in [1.165, 1.54) is 33.6 Å². The summed E-state index contributed by atoms with van der Waals surface area (Å²) in [5, 5.41) is 13.5. The van der Waals surface area contributed by atoms with Crippen molar-refractivity contribution in [3.8, 4) is 0 Å². The topological polar surface area (TPSA) is 72.2 Å². The number of nitrogens with zero attached hydrogens (tertiary/aromatic N) is 4. The Hall–Kier alpha value is -2.92. The minimum Gasteiger partial charge on any atom is -0.326 e. The zero-order valence-corrected chi connectivity index (χ0v) is 17.8. The number of anilines is 1. The normalized spacial score (nSPS) is 11.7. The summed E-state index contributed by atoms with van der Waals surface area (Å²) in [4.78, 5) is 16.7. The van der Waals surface area contributed by atoms with Gasteiger partial charge in [0.1, 0.15) is 5.01 Å². The fourth-order valence-electron chi connectivity index (χ4n) is 2.75. The summed E-state index contributed by atoms with van der Waals surface area (Å²) in [6.45, 7) is 1.97. The predicted octanol–water partition coefficient (Wildman–Crippen LogP) is 4.99. The number of carbonyl (C=O) groups is 1. The lowest BCUT2D eigenvalue weighted by atomic mass is 10.2. The number of thiazole rings is 1. The lowest BCUT2D eigenvalue weighted by Crippen LogP contribution is -2.14. The van der Waals surface area contributed by atoms with E-state index in [0.717, 1.165) is 29.2 Å². The number of aromatic nitrogens is 4. The maximum absolute atomic E-state index is 13.0. The maximum Gasteiger partial charge on any atom is 0.417 e. The van der Waals surface area contributed by atoms with Crippen molar-refractivity contribution in [1.82, 2.24) is 19.6 Å². The molecule has 0 saturated heterocycles. The molecular formula is C20H16F3N5OS2. The Balaban J connectivity index is 1.38. The standard InChI is InChI=1S/C20H16F3N5OS2/c1-12-2-5-14(6-3-12)24-17(29)8-18-25-15(10-30-18)11-31-19-27-26-16-7-4-13(9-28(16)19)20(21,22)23/h2-7,9-10H,8,11H2,1H3,(H,24,29). The van der Waals surface area contributed by atoms with E-state index < -0.39 is 11.7 Å². The van der Waals surface area contributed by atoms with E-state index in [0.29, 0.717) is 21.6 Å². The van der Waals surface area contributed by atoms with Gasteiger partial charge in [-0.05, 0) is 31.2 Å². The largest absolute Gasteiger partial charge is 0.417 e. The fraction of sp³-hybridized carbons (Fsp3) is 0.200. The Morgan fingerprint density at radius 1 is 1.16 bits per heavy atom. The molecular weight excluding hydrogens is 447 g/mol. The summed E-state index contributed by atoms with van der Waals surface area (Å²) in [5.74, 6) is 0.230. The molecule has 4 aromatic rings. The molecule has 3 heterocycles. The first-order valence-electron chi connectivity index (χ1n) is 9.12. The second-order valence-electron chi connectivity index (χ2n) is 6.74. The van der Waals surface area contributed by atoms with Crippen molar-refractivity contribution in [3.63, 3.8) is 0 Å². The highest BCUT2D eigenvalue weighted by molar-refractivity contribution is 7.98. The molecule has 1 N–H and O–H groups in total. The molecule has 0 aliphatic rings. The summed E-state index contributed by atoms with van der Waals surface area (Å²) in [7, 11) is 0. The van der Waals surface area contributed by atoms with Gasteiger partial charge in [0.15, 0.2) is 10.8 Å². The van der Waals surface area contributed by atoms with Crippen LogP contribution in [0.25, 0.3) is 5.65 Å². The molecule has 4 rings (SSSR count). The molecule has 0 radical (unpaired) electrons. The quantitative estimate of drug-likeness (QED) is 0.408. The van der Waals surface area contributed by atoms with Gasteiger partial charge in [-0.25, -0.2) is 4.98 Å². The average molecular weight is 464 g/mol. The van der Waals surface area contributed by atoms with Gasteiger partial charge in [-0.15, -0.1) is 21.5 Å². The molecule has 0 aliphatic carbocycles. The van der Waals surface area contributed by atoms with Crippen LogP contribution in [0.15, 0.2) is 53.1 Å². The molecule has 0 bridgehead atoms. The molecule has 0 spiro atoms. The summed E-state index contributed by atoms with van der Waals surface area (Å²) in [6, 6.07) is 9.77. The number of benzene rings is 1. The number of hydrogen-bond donors (Lipinski definition) is 1. The summed E-state index contributed by atoms with van der Waals surface area (Å²) in [5.41, 5.74) is 2.12. The molecule has 0 saturated carbocycles. The Morgan fingerprint density at radius 3 is 2.68 bits per heavy atom. The first-order valence-corrected chi connectivity index (χ1v) is 11.0. The number of carbonyl (C=O) groups excluding carboxylic acids is 1. The van der Waals surface area contributed by atoms with Crippen molar-refractivity contribution >= 4 is 40.3 Å². The molecule has 0 atom stereocenters. The van der Waals surface area contributed by atoms with E-state index in [1.807, 2.05) is 36.6 Å². The van der Waals surface area contributed by atoms with Crippen molar-refractivity contribution in [1.29, 1.82) is 0 Å². The lowest BCUT2D eigenvalue weighted by molar-refractivity contribution is -0.137. The van der Waals surface area contributed by atoms with Gasteiger partial charge in [-0.1, -0.05) is 29.5 Å². The minimum atomic E-state index is -4.44. The van der Waals surface area contributed by atoms with Gasteiger partial charge in [-0.2, -0.15) is 13.2 Å². The van der Waals surface area contributed by atoms with Crippen LogP contribution in [0.2, 0.25) is 0 Å². The van der Waals surface area contributed by atoms with Gasteiger partial charge in [0, 0.05) is 23.0 Å². The SMILES string of the molecule is Cc1ccc(NC(=O)Cc2nc(CSc3nnc4ccc(C(F)(F)F)cn34)cs2)cc1. The van der Waals surface area contributed by atoms with Crippen LogP contribution in [0.5, 0.6) is 0 Å². The highest BCUT2D eigenvalue weighted by atomic mass is 32.2. The molecule has 0 fully saturated rings. The highest BCUT2D eigenvalue weighted by Gasteiger charge is 2.31. The molecule has 31 heavy (non-hydrogen) atoms. The predicted molar refractivity (Wildman–Crippen MR) is 113 cm³/mol. The smallest absolute Gasteiger partial charge is 0.326 e. The van der Waals surface area contributed by atoms with Gasteiger partial charge in [0.05, 0.1) is 17.7 Å². The average Bonchev–Trinajstić information content (AvgIpc) is 3.33. The van der Waals surface area contributed by atoms with Gasteiger partial charge >= 0.3 is 6.18 Å². The van der Waals surface area contributed by atoms with Gasteiger partial charge in [-0.3, -0.25) is 9.20 Å². The molecule has 1 aromatic carbocycles. The van der Waals surface area contributed by atoms with E-state index in [-0.39, 0.29) is 12.3 Å². The van der Waals surface area contributed by atoms with Crippen molar-refractivity contribution in [2.75, 3.05) is 5.32 Å². The van der Waals surface area contributed by atoms with Crippen LogP contribution >= 0.6 is 23.1 Å². The van der Waals surface area contributed by atoms with Crippen LogP contribution in [-0.4, -0.2) is 25.5 Å². The third-order valence-corrected chi connectivity index (χ3v) is 6.17. The summed E-state index contributed by atoms with van der Waals surface area (Å²) >= 11 is 2.59. The number of nitrogens with one attached hydrogen (secondary N) is 1. The second kappa shape index (κ2) is 8.67. The van der Waals surface area contributed by atoms with Crippen LogP contribution in [-0.2, 0) is 23.1 Å². The van der Waals surface area contributed by atoms with Crippen LogP contribution in [0, 0.1) is 6.92 Å². The zero-order chi connectivity index (χ0) is 22.0. The summed E-state index contributed by atoms with van der Waals surface area (Å²) < 4.78 is 40.2. The number of halogens is 3. The van der Waals surface area contributed by atoms with E-state index in [9.17, 15) is 18.0 Å². The van der Waals surface area contributed by atoms with E-state index in [4.69, 9.17) is 0 Å². The number of alkyl halides is 3. The van der Waals surface area contributed by atoms with Gasteiger partial charge < -0.3 is 5.32 Å². The Morgan fingerprint density at radius 2 is 1.94 bits per heavy atom. The lowest BCUT2D eigenvalue weighted by Gasteiger charge is -2.07. The van der Waals surface area contributed by atoms with E-state index >= 15 is 0 Å². The van der Waals surface area contributed by atoms with E-state index in [2.05, 4.69) is 20.5 Å². The first kappa shape index (κ1) is 21.3. The van der Waals surface area contributed by atoms with Gasteiger partial charge in [0.2, 0.25) is 5.91 Å². The van der Waals surface area contributed by atoms with Crippen LogP contribution < -0.4 is 5.32 Å². The molecule has 11 heteroatoms. The third kappa shape index (κ3) is 5.23. The monoisotopic (exact) mass is 463 g/mol. The fourth-order valence-corrected chi connectivity index (χ4v) is 4.46. The van der Waals surface area contributed by atoms with Crippen LogP contribution in [0.1, 0.15) is 21.8 Å². The maximum atomic E-state index is 13.0. The highest BCUT2D eigenvalue weighted by Crippen LogP contribution is 2.30. The van der Waals surface area contributed by atoms with Crippen molar-refractivity contribution < 1.29 is 18.0 Å². The molecule has 6 nitrogen and oxygen atoms in total.